The fourth-order valence-electron chi connectivity index (χ4n) is 3.24. The van der Waals surface area contributed by atoms with Crippen molar-refractivity contribution in [1.82, 2.24) is 15.1 Å². The third kappa shape index (κ3) is 2.88. The lowest BCUT2D eigenvalue weighted by atomic mass is 10.0. The van der Waals surface area contributed by atoms with Gasteiger partial charge < -0.3 is 15.5 Å². The lowest BCUT2D eigenvalue weighted by molar-refractivity contribution is -0.130. The minimum Gasteiger partial charge on any atom is -0.369 e. The number of aromatic nitrogens is 2. The Bertz CT molecular complexity index is 566. The first-order chi connectivity index (χ1) is 10.5. The number of carbonyl (C=O) groups is 2. The van der Waals surface area contributed by atoms with Crippen LogP contribution in [0.2, 0.25) is 0 Å². The first kappa shape index (κ1) is 14.7. The molecule has 0 bridgehead atoms. The van der Waals surface area contributed by atoms with E-state index >= 15 is 0 Å². The van der Waals surface area contributed by atoms with Gasteiger partial charge in [0, 0.05) is 32.1 Å². The third-order valence-electron chi connectivity index (χ3n) is 4.57. The summed E-state index contributed by atoms with van der Waals surface area (Å²) in [4.78, 5) is 27.3. The molecule has 2 fully saturated rings. The van der Waals surface area contributed by atoms with Crippen LogP contribution in [0.3, 0.4) is 0 Å². The summed E-state index contributed by atoms with van der Waals surface area (Å²) < 4.78 is 0. The lowest BCUT2D eigenvalue weighted by Gasteiger charge is -2.37. The molecule has 0 aliphatic carbocycles. The van der Waals surface area contributed by atoms with Gasteiger partial charge >= 0.3 is 0 Å². The molecule has 3 rings (SSSR count). The number of anilines is 1. The molecule has 2 saturated heterocycles. The van der Waals surface area contributed by atoms with Gasteiger partial charge in [-0.25, -0.2) is 0 Å². The molecule has 2 N–H and O–H groups in total. The average Bonchev–Trinajstić information content (AvgIpc) is 2.91. The largest absolute Gasteiger partial charge is 0.369 e. The van der Waals surface area contributed by atoms with Gasteiger partial charge in [0.15, 0.2) is 5.82 Å². The van der Waals surface area contributed by atoms with Gasteiger partial charge in [-0.2, -0.15) is 5.10 Å². The summed E-state index contributed by atoms with van der Waals surface area (Å²) in [6.45, 7) is 4.07. The molecule has 1 aromatic rings. The summed E-state index contributed by atoms with van der Waals surface area (Å²) in [5, 5.41) is 8.29. The van der Waals surface area contributed by atoms with Crippen molar-refractivity contribution in [1.29, 1.82) is 0 Å². The molecular formula is C15H21N5O2. The molecule has 2 aliphatic heterocycles. The molecule has 7 nitrogen and oxygen atoms in total. The van der Waals surface area contributed by atoms with Gasteiger partial charge in [0.1, 0.15) is 0 Å². The Morgan fingerprint density at radius 2 is 2.00 bits per heavy atom. The van der Waals surface area contributed by atoms with Gasteiger partial charge in [-0.15, -0.1) is 5.10 Å². The summed E-state index contributed by atoms with van der Waals surface area (Å²) in [5.74, 6) is 0.237. The molecule has 1 aromatic heterocycles. The quantitative estimate of drug-likeness (QED) is 0.854. The maximum atomic E-state index is 12.1. The number of aryl methyl sites for hydroxylation is 1. The van der Waals surface area contributed by atoms with Crippen molar-refractivity contribution in [2.24, 2.45) is 11.7 Å². The number of piperidine rings is 1. The van der Waals surface area contributed by atoms with E-state index in [0.717, 1.165) is 37.4 Å². The lowest BCUT2D eigenvalue weighted by Crippen LogP contribution is -2.46. The smallest absolute Gasteiger partial charge is 0.223 e. The van der Waals surface area contributed by atoms with Gasteiger partial charge in [0.05, 0.1) is 11.6 Å². The number of hydrogen-bond donors (Lipinski definition) is 1. The standard InChI is InChI=1S/C15H21N5O2/c1-10-2-3-13(18-17-10)19-6-4-12(5-7-19)20-9-11(15(16)22)8-14(20)21/h2-3,11-12H,4-9H2,1H3,(H2,16,22). The molecule has 2 aliphatic rings. The number of hydrogen-bond acceptors (Lipinski definition) is 5. The number of rotatable bonds is 3. The van der Waals surface area contributed by atoms with Crippen LogP contribution in [0.5, 0.6) is 0 Å². The first-order valence-corrected chi connectivity index (χ1v) is 7.68. The highest BCUT2D eigenvalue weighted by Crippen LogP contribution is 2.26. The van der Waals surface area contributed by atoms with Crippen molar-refractivity contribution >= 4 is 17.6 Å². The predicted octanol–water partition coefficient (Wildman–Crippen LogP) is 0.0876. The van der Waals surface area contributed by atoms with Crippen LogP contribution in [-0.4, -0.2) is 52.6 Å². The summed E-state index contributed by atoms with van der Waals surface area (Å²) >= 11 is 0. The Labute approximate surface area is 129 Å². The zero-order valence-corrected chi connectivity index (χ0v) is 12.7. The molecule has 0 spiro atoms. The zero-order chi connectivity index (χ0) is 15.7. The molecule has 1 atom stereocenters. The van der Waals surface area contributed by atoms with Gasteiger partial charge in [-0.05, 0) is 31.9 Å². The SMILES string of the molecule is Cc1ccc(N2CCC(N3CC(C(N)=O)CC3=O)CC2)nn1. The van der Waals surface area contributed by atoms with E-state index in [-0.39, 0.29) is 30.2 Å². The highest BCUT2D eigenvalue weighted by Gasteiger charge is 2.38. The molecule has 0 radical (unpaired) electrons. The Kier molecular flexibility index (Phi) is 3.96. The van der Waals surface area contributed by atoms with E-state index < -0.39 is 0 Å². The zero-order valence-electron chi connectivity index (χ0n) is 12.7. The van der Waals surface area contributed by atoms with E-state index in [1.54, 1.807) is 0 Å². The molecule has 1 unspecified atom stereocenters. The van der Waals surface area contributed by atoms with E-state index in [2.05, 4.69) is 15.1 Å². The number of nitrogens with zero attached hydrogens (tertiary/aromatic N) is 4. The molecule has 7 heteroatoms. The van der Waals surface area contributed by atoms with E-state index in [0.29, 0.717) is 6.54 Å². The Morgan fingerprint density at radius 3 is 2.55 bits per heavy atom. The van der Waals surface area contributed by atoms with Crippen LogP contribution in [-0.2, 0) is 9.59 Å². The maximum Gasteiger partial charge on any atom is 0.223 e. The Morgan fingerprint density at radius 1 is 1.27 bits per heavy atom. The van der Waals surface area contributed by atoms with Crippen LogP contribution in [0.15, 0.2) is 12.1 Å². The second kappa shape index (κ2) is 5.90. The van der Waals surface area contributed by atoms with Crippen LogP contribution in [0.4, 0.5) is 5.82 Å². The van der Waals surface area contributed by atoms with Crippen LogP contribution < -0.4 is 10.6 Å². The van der Waals surface area contributed by atoms with Crippen molar-refractivity contribution < 1.29 is 9.59 Å². The highest BCUT2D eigenvalue weighted by atomic mass is 16.2. The second-order valence-corrected chi connectivity index (χ2v) is 6.10. The predicted molar refractivity (Wildman–Crippen MR) is 81.0 cm³/mol. The molecule has 0 aromatic carbocycles. The minimum absolute atomic E-state index is 0.0531. The van der Waals surface area contributed by atoms with Gasteiger partial charge in [0.2, 0.25) is 11.8 Å². The van der Waals surface area contributed by atoms with Gasteiger partial charge in [-0.1, -0.05) is 0 Å². The van der Waals surface area contributed by atoms with Crippen LogP contribution in [0, 0.1) is 12.8 Å². The van der Waals surface area contributed by atoms with Gasteiger partial charge in [-0.3, -0.25) is 9.59 Å². The molecule has 22 heavy (non-hydrogen) atoms. The van der Waals surface area contributed by atoms with Crippen molar-refractivity contribution in [2.75, 3.05) is 24.5 Å². The molecule has 3 heterocycles. The maximum absolute atomic E-state index is 12.1. The monoisotopic (exact) mass is 303 g/mol. The third-order valence-corrected chi connectivity index (χ3v) is 4.57. The summed E-state index contributed by atoms with van der Waals surface area (Å²) in [6.07, 6.45) is 2.03. The summed E-state index contributed by atoms with van der Waals surface area (Å²) in [6, 6.07) is 4.13. The van der Waals surface area contributed by atoms with Crippen molar-refractivity contribution in [3.63, 3.8) is 0 Å². The summed E-state index contributed by atoms with van der Waals surface area (Å²) in [7, 11) is 0. The van der Waals surface area contributed by atoms with Crippen molar-refractivity contribution in [3.8, 4) is 0 Å². The molecule has 0 saturated carbocycles. The molecule has 2 amide bonds. The highest BCUT2D eigenvalue weighted by molar-refractivity contribution is 5.88. The van der Waals surface area contributed by atoms with E-state index in [4.69, 9.17) is 5.73 Å². The van der Waals surface area contributed by atoms with Crippen LogP contribution in [0.25, 0.3) is 0 Å². The van der Waals surface area contributed by atoms with E-state index in [9.17, 15) is 9.59 Å². The van der Waals surface area contributed by atoms with Crippen LogP contribution in [0.1, 0.15) is 25.0 Å². The van der Waals surface area contributed by atoms with Gasteiger partial charge in [0.25, 0.3) is 0 Å². The topological polar surface area (TPSA) is 92.4 Å². The number of carbonyl (C=O) groups excluding carboxylic acids is 2. The normalized spacial score (nSPS) is 23.1. The number of amides is 2. The van der Waals surface area contributed by atoms with E-state index in [1.165, 1.54) is 0 Å². The Hall–Kier alpha value is -2.18. The fraction of sp³-hybridized carbons (Fsp3) is 0.600. The minimum atomic E-state index is -0.372. The number of nitrogens with two attached hydrogens (primary N) is 1. The Balaban J connectivity index is 1.59. The van der Waals surface area contributed by atoms with Crippen LogP contribution >= 0.6 is 0 Å². The first-order valence-electron chi connectivity index (χ1n) is 7.68. The van der Waals surface area contributed by atoms with Crippen molar-refractivity contribution in [3.05, 3.63) is 17.8 Å². The molecule has 118 valence electrons. The average molecular weight is 303 g/mol. The van der Waals surface area contributed by atoms with E-state index in [1.807, 2.05) is 24.0 Å². The number of primary amides is 1. The molecular weight excluding hydrogens is 282 g/mol. The second-order valence-electron chi connectivity index (χ2n) is 6.10. The van der Waals surface area contributed by atoms with Crippen molar-refractivity contribution in [2.45, 2.75) is 32.2 Å². The fourth-order valence-corrected chi connectivity index (χ4v) is 3.24. The summed E-state index contributed by atoms with van der Waals surface area (Å²) in [5.41, 5.74) is 6.22. The number of likely N-dealkylation sites (tertiary alicyclic amines) is 1.